The fraction of sp³-hybridized carbons (Fsp3) is 0.571. The largest absolute Gasteiger partial charge is 0.352 e. The highest BCUT2D eigenvalue weighted by atomic mass is 19.1. The fourth-order valence-corrected chi connectivity index (χ4v) is 3.90. The second-order valence-electron chi connectivity index (χ2n) is 7.17. The zero-order valence-corrected chi connectivity index (χ0v) is 14.8. The minimum Gasteiger partial charge on any atom is -0.352 e. The smallest absolute Gasteiger partial charge is 0.160 e. The first kappa shape index (κ1) is 18.1. The molecule has 0 unspecified atom stereocenters. The van der Waals surface area contributed by atoms with Crippen molar-refractivity contribution in [3.8, 4) is 6.07 Å². The summed E-state index contributed by atoms with van der Waals surface area (Å²) in [7, 11) is 0. The minimum absolute atomic E-state index is 0.0829. The van der Waals surface area contributed by atoms with Crippen molar-refractivity contribution < 1.29 is 13.9 Å². The molecule has 4 heteroatoms. The van der Waals surface area contributed by atoms with Gasteiger partial charge in [0.15, 0.2) is 6.29 Å². The summed E-state index contributed by atoms with van der Waals surface area (Å²) < 4.78 is 25.8. The van der Waals surface area contributed by atoms with Gasteiger partial charge in [-0.25, -0.2) is 4.39 Å². The summed E-state index contributed by atoms with van der Waals surface area (Å²) in [6, 6.07) is 6.90. The van der Waals surface area contributed by atoms with Gasteiger partial charge in [0.25, 0.3) is 0 Å². The standard InChI is InChI=1S/C21H26FNO2/c1-2-3-4-15-13-24-21(25-14-15)17-7-5-16(6-8-17)18-9-10-19(12-23)20(22)11-18/h2-3,9-11,15-17,21H,4-8,13-14H2,1H3/b3-2+. The average Bonchev–Trinajstić information content (AvgIpc) is 2.67. The van der Waals surface area contributed by atoms with E-state index in [9.17, 15) is 4.39 Å². The van der Waals surface area contributed by atoms with Gasteiger partial charge in [-0.2, -0.15) is 5.26 Å². The van der Waals surface area contributed by atoms with Crippen LogP contribution in [-0.4, -0.2) is 19.5 Å². The van der Waals surface area contributed by atoms with Crippen molar-refractivity contribution in [3.63, 3.8) is 0 Å². The van der Waals surface area contributed by atoms with Gasteiger partial charge in [0.05, 0.1) is 18.8 Å². The molecule has 0 radical (unpaired) electrons. The normalized spacial score (nSPS) is 30.3. The van der Waals surface area contributed by atoms with E-state index in [0.29, 0.717) is 17.8 Å². The van der Waals surface area contributed by atoms with Crippen LogP contribution in [-0.2, 0) is 9.47 Å². The van der Waals surface area contributed by atoms with Crippen LogP contribution in [0.25, 0.3) is 0 Å². The zero-order chi connectivity index (χ0) is 17.6. The lowest BCUT2D eigenvalue weighted by molar-refractivity contribution is -0.228. The van der Waals surface area contributed by atoms with Crippen LogP contribution < -0.4 is 0 Å². The van der Waals surface area contributed by atoms with E-state index in [1.54, 1.807) is 6.07 Å². The first-order valence-electron chi connectivity index (χ1n) is 9.25. The van der Waals surface area contributed by atoms with Gasteiger partial charge in [-0.15, -0.1) is 0 Å². The molecule has 25 heavy (non-hydrogen) atoms. The topological polar surface area (TPSA) is 42.2 Å². The molecule has 1 saturated heterocycles. The number of halogens is 1. The molecule has 0 amide bonds. The molecule has 1 saturated carbocycles. The molecule has 3 rings (SSSR count). The van der Waals surface area contributed by atoms with E-state index in [1.807, 2.05) is 19.1 Å². The van der Waals surface area contributed by atoms with Crippen LogP contribution in [0.3, 0.4) is 0 Å². The van der Waals surface area contributed by atoms with Crippen LogP contribution in [0.15, 0.2) is 30.4 Å². The Morgan fingerprint density at radius 1 is 1.20 bits per heavy atom. The first-order chi connectivity index (χ1) is 12.2. The third kappa shape index (κ3) is 4.48. The van der Waals surface area contributed by atoms with Crippen LogP contribution in [0.1, 0.15) is 56.1 Å². The van der Waals surface area contributed by atoms with Crippen molar-refractivity contribution in [2.75, 3.05) is 13.2 Å². The number of benzene rings is 1. The van der Waals surface area contributed by atoms with Crippen molar-refractivity contribution in [3.05, 3.63) is 47.3 Å². The average molecular weight is 343 g/mol. The molecule has 0 aromatic heterocycles. The number of nitrogens with zero attached hydrogens (tertiary/aromatic N) is 1. The Bertz CT molecular complexity index is 636. The third-order valence-electron chi connectivity index (χ3n) is 5.44. The van der Waals surface area contributed by atoms with Gasteiger partial charge in [-0.3, -0.25) is 0 Å². The number of nitriles is 1. The van der Waals surface area contributed by atoms with E-state index in [-0.39, 0.29) is 11.9 Å². The lowest BCUT2D eigenvalue weighted by Gasteiger charge is -2.37. The highest BCUT2D eigenvalue weighted by Crippen LogP contribution is 2.39. The third-order valence-corrected chi connectivity index (χ3v) is 5.44. The molecule has 1 aromatic rings. The van der Waals surface area contributed by atoms with Crippen LogP contribution in [0.4, 0.5) is 4.39 Å². The minimum atomic E-state index is -0.409. The number of hydrogen-bond donors (Lipinski definition) is 0. The maximum atomic E-state index is 13.8. The Kier molecular flexibility index (Phi) is 6.23. The van der Waals surface area contributed by atoms with E-state index in [2.05, 4.69) is 12.2 Å². The summed E-state index contributed by atoms with van der Waals surface area (Å²) in [6.07, 6.45) is 9.27. The maximum absolute atomic E-state index is 13.8. The number of ether oxygens (including phenoxy) is 2. The summed E-state index contributed by atoms with van der Waals surface area (Å²) in [5.74, 6) is 0.852. The van der Waals surface area contributed by atoms with Gasteiger partial charge >= 0.3 is 0 Å². The molecule has 1 aromatic carbocycles. The SMILES string of the molecule is C/C=C/CC1COC(C2CCC(c3ccc(C#N)c(F)c3)CC2)OC1. The lowest BCUT2D eigenvalue weighted by atomic mass is 9.78. The Labute approximate surface area is 149 Å². The number of rotatable bonds is 4. The first-order valence-corrected chi connectivity index (χ1v) is 9.25. The summed E-state index contributed by atoms with van der Waals surface area (Å²) in [5, 5.41) is 8.84. The predicted octanol–water partition coefficient (Wildman–Crippen LogP) is 4.93. The van der Waals surface area contributed by atoms with Gasteiger partial charge in [-0.05, 0) is 62.6 Å². The van der Waals surface area contributed by atoms with Crippen molar-refractivity contribution in [1.82, 2.24) is 0 Å². The van der Waals surface area contributed by atoms with Crippen LogP contribution >= 0.6 is 0 Å². The van der Waals surface area contributed by atoms with Crippen molar-refractivity contribution in [1.29, 1.82) is 5.26 Å². The highest BCUT2D eigenvalue weighted by Gasteiger charge is 2.32. The second kappa shape index (κ2) is 8.60. The molecular formula is C21H26FNO2. The second-order valence-corrected chi connectivity index (χ2v) is 7.17. The van der Waals surface area contributed by atoms with E-state index in [0.717, 1.165) is 50.9 Å². The highest BCUT2D eigenvalue weighted by molar-refractivity contribution is 5.34. The summed E-state index contributed by atoms with van der Waals surface area (Å²) in [5.41, 5.74) is 1.13. The van der Waals surface area contributed by atoms with Crippen molar-refractivity contribution in [2.45, 2.75) is 51.2 Å². The van der Waals surface area contributed by atoms with Crippen LogP contribution in [0.2, 0.25) is 0 Å². The molecule has 0 bridgehead atoms. The van der Waals surface area contributed by atoms with E-state index < -0.39 is 5.82 Å². The molecule has 1 heterocycles. The van der Waals surface area contributed by atoms with Gasteiger partial charge in [-0.1, -0.05) is 18.2 Å². The molecule has 0 spiro atoms. The lowest BCUT2D eigenvalue weighted by Crippen LogP contribution is -2.38. The molecule has 1 aliphatic carbocycles. The Hall–Kier alpha value is -1.70. The summed E-state index contributed by atoms with van der Waals surface area (Å²) in [6.45, 7) is 3.58. The molecule has 2 aliphatic rings. The van der Waals surface area contributed by atoms with E-state index in [1.165, 1.54) is 6.07 Å². The van der Waals surface area contributed by atoms with E-state index in [4.69, 9.17) is 14.7 Å². The van der Waals surface area contributed by atoms with Gasteiger partial charge in [0.1, 0.15) is 11.9 Å². The Morgan fingerprint density at radius 3 is 2.52 bits per heavy atom. The van der Waals surface area contributed by atoms with Gasteiger partial charge in [0, 0.05) is 11.8 Å². The fourth-order valence-electron chi connectivity index (χ4n) is 3.90. The van der Waals surface area contributed by atoms with Crippen LogP contribution in [0.5, 0.6) is 0 Å². The van der Waals surface area contributed by atoms with E-state index >= 15 is 0 Å². The molecule has 1 aliphatic heterocycles. The molecule has 2 fully saturated rings. The molecular weight excluding hydrogens is 317 g/mol. The van der Waals surface area contributed by atoms with Gasteiger partial charge in [0.2, 0.25) is 0 Å². The van der Waals surface area contributed by atoms with Gasteiger partial charge < -0.3 is 9.47 Å². The Morgan fingerprint density at radius 2 is 1.92 bits per heavy atom. The molecule has 0 N–H and O–H groups in total. The van der Waals surface area contributed by atoms with Crippen LogP contribution in [0, 0.1) is 29.0 Å². The monoisotopic (exact) mass is 343 g/mol. The predicted molar refractivity (Wildman–Crippen MR) is 94.4 cm³/mol. The summed E-state index contributed by atoms with van der Waals surface area (Å²) in [4.78, 5) is 0. The zero-order valence-electron chi connectivity index (χ0n) is 14.8. The maximum Gasteiger partial charge on any atom is 0.160 e. The summed E-state index contributed by atoms with van der Waals surface area (Å²) >= 11 is 0. The molecule has 0 atom stereocenters. The molecule has 134 valence electrons. The quantitative estimate of drug-likeness (QED) is 0.728. The number of allylic oxidation sites excluding steroid dienone is 2. The number of hydrogen-bond acceptors (Lipinski definition) is 3. The Balaban J connectivity index is 1.49. The van der Waals surface area contributed by atoms with Crippen molar-refractivity contribution >= 4 is 0 Å². The van der Waals surface area contributed by atoms with Crippen molar-refractivity contribution in [2.24, 2.45) is 11.8 Å². The molecule has 3 nitrogen and oxygen atoms in total.